The van der Waals surface area contributed by atoms with Crippen LogP contribution in [0.4, 0.5) is 0 Å². The van der Waals surface area contributed by atoms with E-state index in [0.29, 0.717) is 6.61 Å². The van der Waals surface area contributed by atoms with Gasteiger partial charge in [0.15, 0.2) is 5.78 Å². The number of hydrogen-bond donors (Lipinski definition) is 0. The van der Waals surface area contributed by atoms with E-state index in [1.807, 2.05) is 26.8 Å². The molecule has 15 heavy (non-hydrogen) atoms. The summed E-state index contributed by atoms with van der Waals surface area (Å²) in [6, 6.07) is 4.11. The molecular formula is C12H18O2S. The van der Waals surface area contributed by atoms with E-state index >= 15 is 0 Å². The summed E-state index contributed by atoms with van der Waals surface area (Å²) in [7, 11) is 0. The van der Waals surface area contributed by atoms with Gasteiger partial charge in [-0.2, -0.15) is 0 Å². The number of hydrogen-bond acceptors (Lipinski definition) is 3. The van der Waals surface area contributed by atoms with Gasteiger partial charge in [-0.1, -0.05) is 26.8 Å². The predicted molar refractivity (Wildman–Crippen MR) is 63.3 cm³/mol. The second-order valence-corrected chi connectivity index (χ2v) is 5.59. The highest BCUT2D eigenvalue weighted by molar-refractivity contribution is 7.09. The lowest BCUT2D eigenvalue weighted by atomic mass is 9.91. The first kappa shape index (κ1) is 12.4. The zero-order valence-electron chi connectivity index (χ0n) is 9.58. The van der Waals surface area contributed by atoms with E-state index in [-0.39, 0.29) is 17.8 Å². The first-order valence-corrected chi connectivity index (χ1v) is 6.01. The van der Waals surface area contributed by atoms with Crippen LogP contribution in [0.1, 0.15) is 25.6 Å². The van der Waals surface area contributed by atoms with Gasteiger partial charge in [-0.3, -0.25) is 4.79 Å². The summed E-state index contributed by atoms with van der Waals surface area (Å²) in [5.74, 6) is 0.161. The lowest BCUT2D eigenvalue weighted by Crippen LogP contribution is -2.25. The quantitative estimate of drug-likeness (QED) is 0.722. The molecule has 3 heteroatoms. The third-order valence-corrected chi connectivity index (χ3v) is 3.08. The molecule has 0 aliphatic heterocycles. The lowest BCUT2D eigenvalue weighted by molar-refractivity contribution is -0.131. The molecule has 0 fully saturated rings. The number of carbonyl (C=O) groups is 1. The summed E-state index contributed by atoms with van der Waals surface area (Å²) in [6.07, 6.45) is 0.898. The second kappa shape index (κ2) is 5.42. The molecule has 2 nitrogen and oxygen atoms in total. The number of rotatable bonds is 5. The van der Waals surface area contributed by atoms with Gasteiger partial charge in [0.1, 0.15) is 6.61 Å². The van der Waals surface area contributed by atoms with E-state index in [9.17, 15) is 4.79 Å². The Balaban J connectivity index is 2.15. The Morgan fingerprint density at radius 1 is 1.47 bits per heavy atom. The van der Waals surface area contributed by atoms with Gasteiger partial charge in [0.05, 0.1) is 6.61 Å². The molecule has 84 valence electrons. The molecule has 0 unspecified atom stereocenters. The van der Waals surface area contributed by atoms with Crippen LogP contribution in [0, 0.1) is 5.41 Å². The van der Waals surface area contributed by atoms with Crippen molar-refractivity contribution in [2.24, 2.45) is 5.41 Å². The van der Waals surface area contributed by atoms with Crippen molar-refractivity contribution in [3.8, 4) is 0 Å². The highest BCUT2D eigenvalue weighted by Gasteiger charge is 2.20. The molecule has 0 aromatic carbocycles. The average molecular weight is 226 g/mol. The van der Waals surface area contributed by atoms with E-state index in [1.165, 1.54) is 4.88 Å². The molecule has 1 rings (SSSR count). The molecule has 0 spiro atoms. The van der Waals surface area contributed by atoms with Crippen LogP contribution in [0.15, 0.2) is 17.5 Å². The van der Waals surface area contributed by atoms with Crippen molar-refractivity contribution >= 4 is 17.1 Å². The van der Waals surface area contributed by atoms with Gasteiger partial charge in [-0.25, -0.2) is 0 Å². The highest BCUT2D eigenvalue weighted by atomic mass is 32.1. The minimum Gasteiger partial charge on any atom is -0.373 e. The highest BCUT2D eigenvalue weighted by Crippen LogP contribution is 2.14. The molecule has 0 aliphatic carbocycles. The van der Waals surface area contributed by atoms with Crippen molar-refractivity contribution in [2.75, 3.05) is 13.2 Å². The molecular weight excluding hydrogens is 208 g/mol. The van der Waals surface area contributed by atoms with Crippen molar-refractivity contribution in [3.05, 3.63) is 22.4 Å². The first-order valence-electron chi connectivity index (χ1n) is 5.13. The standard InChI is InChI=1S/C12H18O2S/c1-12(2,3)11(13)9-14-7-6-10-5-4-8-15-10/h4-5,8H,6-7,9H2,1-3H3. The number of ether oxygens (including phenoxy) is 1. The number of ketones is 1. The number of carbonyl (C=O) groups excluding carboxylic acids is 1. The fourth-order valence-electron chi connectivity index (χ4n) is 1.01. The molecule has 0 bridgehead atoms. The van der Waals surface area contributed by atoms with Crippen molar-refractivity contribution in [1.29, 1.82) is 0 Å². The van der Waals surface area contributed by atoms with E-state index < -0.39 is 0 Å². The van der Waals surface area contributed by atoms with Gasteiger partial charge in [0.2, 0.25) is 0 Å². The fraction of sp³-hybridized carbons (Fsp3) is 0.583. The molecule has 0 amide bonds. The first-order chi connectivity index (χ1) is 7.00. The van der Waals surface area contributed by atoms with E-state index in [4.69, 9.17) is 4.74 Å². The summed E-state index contributed by atoms with van der Waals surface area (Å²) >= 11 is 1.72. The predicted octanol–water partition coefficient (Wildman–Crippen LogP) is 2.92. The van der Waals surface area contributed by atoms with Crippen LogP contribution in [-0.2, 0) is 16.0 Å². The second-order valence-electron chi connectivity index (χ2n) is 4.56. The normalized spacial score (nSPS) is 11.7. The monoisotopic (exact) mass is 226 g/mol. The van der Waals surface area contributed by atoms with Crippen LogP contribution >= 0.6 is 11.3 Å². The third kappa shape index (κ3) is 4.58. The van der Waals surface area contributed by atoms with Crippen LogP contribution in [0.3, 0.4) is 0 Å². The van der Waals surface area contributed by atoms with Crippen LogP contribution in [0.2, 0.25) is 0 Å². The maximum absolute atomic E-state index is 11.5. The van der Waals surface area contributed by atoms with Gasteiger partial charge >= 0.3 is 0 Å². The molecule has 1 aromatic rings. The summed E-state index contributed by atoms with van der Waals surface area (Å²) in [4.78, 5) is 12.8. The fourth-order valence-corrected chi connectivity index (χ4v) is 1.70. The number of thiophene rings is 1. The Morgan fingerprint density at radius 2 is 2.20 bits per heavy atom. The Hall–Kier alpha value is -0.670. The van der Waals surface area contributed by atoms with Crippen molar-refractivity contribution in [2.45, 2.75) is 27.2 Å². The van der Waals surface area contributed by atoms with Gasteiger partial charge in [0.25, 0.3) is 0 Å². The zero-order valence-corrected chi connectivity index (χ0v) is 10.4. The van der Waals surface area contributed by atoms with Crippen molar-refractivity contribution < 1.29 is 9.53 Å². The molecule has 0 atom stereocenters. The maximum atomic E-state index is 11.5. The summed E-state index contributed by atoms with van der Waals surface area (Å²) in [5, 5.41) is 2.05. The van der Waals surface area contributed by atoms with Crippen molar-refractivity contribution in [3.63, 3.8) is 0 Å². The Morgan fingerprint density at radius 3 is 2.73 bits per heavy atom. The van der Waals surface area contributed by atoms with Crippen LogP contribution in [-0.4, -0.2) is 19.0 Å². The Labute approximate surface area is 95.3 Å². The largest absolute Gasteiger partial charge is 0.373 e. The van der Waals surface area contributed by atoms with E-state index in [2.05, 4.69) is 11.4 Å². The molecule has 1 aromatic heterocycles. The zero-order chi connectivity index (χ0) is 11.3. The lowest BCUT2D eigenvalue weighted by Gasteiger charge is -2.16. The van der Waals surface area contributed by atoms with E-state index in [0.717, 1.165) is 6.42 Å². The van der Waals surface area contributed by atoms with E-state index in [1.54, 1.807) is 11.3 Å². The topological polar surface area (TPSA) is 26.3 Å². The summed E-state index contributed by atoms with van der Waals surface area (Å²) in [6.45, 7) is 6.60. The molecule has 0 N–H and O–H groups in total. The minimum atomic E-state index is -0.289. The van der Waals surface area contributed by atoms with Gasteiger partial charge in [0, 0.05) is 16.7 Å². The van der Waals surface area contributed by atoms with Gasteiger partial charge in [-0.05, 0) is 11.4 Å². The summed E-state index contributed by atoms with van der Waals surface area (Å²) < 4.78 is 5.35. The Kier molecular flexibility index (Phi) is 4.48. The van der Waals surface area contributed by atoms with Gasteiger partial charge in [-0.15, -0.1) is 11.3 Å². The van der Waals surface area contributed by atoms with Crippen LogP contribution < -0.4 is 0 Å². The molecule has 0 aliphatic rings. The van der Waals surface area contributed by atoms with Gasteiger partial charge < -0.3 is 4.74 Å². The van der Waals surface area contributed by atoms with Crippen LogP contribution in [0.25, 0.3) is 0 Å². The smallest absolute Gasteiger partial charge is 0.163 e. The molecule has 0 saturated heterocycles. The molecule has 0 saturated carbocycles. The molecule has 0 radical (unpaired) electrons. The SMILES string of the molecule is CC(C)(C)C(=O)COCCc1cccs1. The summed E-state index contributed by atoms with van der Waals surface area (Å²) in [5.41, 5.74) is -0.289. The third-order valence-electron chi connectivity index (χ3n) is 2.14. The average Bonchev–Trinajstić information content (AvgIpc) is 2.63. The van der Waals surface area contributed by atoms with Crippen LogP contribution in [0.5, 0.6) is 0 Å². The minimum absolute atomic E-state index is 0.161. The molecule has 1 heterocycles. The van der Waals surface area contributed by atoms with Crippen molar-refractivity contribution in [1.82, 2.24) is 0 Å². The maximum Gasteiger partial charge on any atom is 0.163 e. The number of Topliss-reactive ketones (excluding diaryl/α,β-unsaturated/α-hetero) is 1. The Bertz CT molecular complexity index is 296.